The molecule has 5 aromatic carbocycles. The van der Waals surface area contributed by atoms with Gasteiger partial charge in [0.05, 0.1) is 51.7 Å². The van der Waals surface area contributed by atoms with Crippen molar-refractivity contribution in [2.24, 2.45) is 0 Å². The fourth-order valence-corrected chi connectivity index (χ4v) is 7.65. The lowest BCUT2D eigenvalue weighted by Crippen LogP contribution is -2.24. The van der Waals surface area contributed by atoms with Gasteiger partial charge in [-0.1, -0.05) is 84.0 Å². The zero-order chi connectivity index (χ0) is 37.7. The second-order valence-electron chi connectivity index (χ2n) is 15.8. The van der Waals surface area contributed by atoms with E-state index in [2.05, 4.69) is 63.9 Å². The Morgan fingerprint density at radius 2 is 1.15 bits per heavy atom. The fourth-order valence-electron chi connectivity index (χ4n) is 7.65. The number of anilines is 3. The molecule has 0 aliphatic carbocycles. The number of para-hydroxylation sites is 3. The number of hydrogen-bond acceptors (Lipinski definition) is 3. The summed E-state index contributed by atoms with van der Waals surface area (Å²) in [6.07, 6.45) is 0. The van der Waals surface area contributed by atoms with Gasteiger partial charge in [0.15, 0.2) is 23.3 Å². The summed E-state index contributed by atoms with van der Waals surface area (Å²) in [5, 5.41) is 6.94. The van der Waals surface area contributed by atoms with Crippen LogP contribution in [0.2, 0.25) is 0 Å². The maximum atomic E-state index is 15.7. The second kappa shape index (κ2) is 11.9. The lowest BCUT2D eigenvalue weighted by Gasteiger charge is -2.24. The van der Waals surface area contributed by atoms with Gasteiger partial charge < -0.3 is 14.4 Å². The third-order valence-electron chi connectivity index (χ3n) is 10.0. The Morgan fingerprint density at radius 1 is 0.547 bits per heavy atom. The lowest BCUT2D eigenvalue weighted by molar-refractivity contribution is 0.381. The Kier molecular flexibility index (Phi) is 7.76. The molecule has 0 saturated carbocycles. The third-order valence-corrected chi connectivity index (χ3v) is 10.0. The molecular formula is C43H38F5N5. The molecule has 0 unspecified atom stereocenters. The largest absolute Gasteiger partial charge is 0.355 e. The molecule has 0 radical (unpaired) electrons. The monoisotopic (exact) mass is 719 g/mol. The SMILES string of the molecule is CN1CN(c2cccc(-n3c4ccccc4c4ccc(-n5nc(C(C)(C)C)c(-c6c(F)c(F)c(F)c(F)c6F)c5C(C)(C)C)cc43)c2)c2ccccc21. The van der Waals surface area contributed by atoms with Gasteiger partial charge in [-0.25, -0.2) is 26.6 Å². The molecule has 2 aromatic heterocycles. The van der Waals surface area contributed by atoms with Crippen LogP contribution in [0.5, 0.6) is 0 Å². The van der Waals surface area contributed by atoms with Gasteiger partial charge >= 0.3 is 0 Å². The van der Waals surface area contributed by atoms with Crippen LogP contribution in [0.15, 0.2) is 91.0 Å². The standard InChI is InChI=1S/C43H38F5N5/c1-42(2,3)40-34(33-35(44)37(46)39(48)38(47)36(33)45)41(43(4,5)6)53(49-40)26-19-20-28-27-15-8-9-16-29(27)52(32(28)22-26)25-14-12-13-24(21-25)51-23-50(7)30-17-10-11-18-31(30)51/h8-22H,23H2,1-7H3. The number of rotatable bonds is 4. The maximum absolute atomic E-state index is 15.7. The van der Waals surface area contributed by atoms with Crippen LogP contribution in [0.25, 0.3) is 44.3 Å². The average molecular weight is 720 g/mol. The highest BCUT2D eigenvalue weighted by Crippen LogP contribution is 2.46. The van der Waals surface area contributed by atoms with Crippen molar-refractivity contribution in [2.75, 3.05) is 23.5 Å². The molecule has 1 aliphatic rings. The first-order valence-electron chi connectivity index (χ1n) is 17.5. The van der Waals surface area contributed by atoms with Gasteiger partial charge in [-0.3, -0.25) is 0 Å². The molecule has 0 atom stereocenters. The van der Waals surface area contributed by atoms with Crippen LogP contribution in [0, 0.1) is 29.1 Å². The van der Waals surface area contributed by atoms with Crippen LogP contribution in [0.1, 0.15) is 52.9 Å². The second-order valence-corrected chi connectivity index (χ2v) is 15.8. The van der Waals surface area contributed by atoms with E-state index < -0.39 is 45.5 Å². The van der Waals surface area contributed by atoms with E-state index in [4.69, 9.17) is 5.10 Å². The minimum absolute atomic E-state index is 0.109. The molecule has 5 nitrogen and oxygen atoms in total. The molecule has 0 N–H and O–H groups in total. The molecule has 10 heteroatoms. The summed E-state index contributed by atoms with van der Waals surface area (Å²) in [6, 6.07) is 30.6. The highest BCUT2D eigenvalue weighted by molar-refractivity contribution is 6.09. The van der Waals surface area contributed by atoms with E-state index in [-0.39, 0.29) is 11.3 Å². The van der Waals surface area contributed by atoms with E-state index in [1.54, 1.807) is 25.5 Å². The number of nitrogens with zero attached hydrogens (tertiary/aromatic N) is 5. The van der Waals surface area contributed by atoms with Gasteiger partial charge in [0, 0.05) is 45.6 Å². The predicted octanol–water partition coefficient (Wildman–Crippen LogP) is 11.5. The fraction of sp³-hybridized carbons (Fsp3) is 0.233. The number of hydrogen-bond donors (Lipinski definition) is 0. The molecule has 270 valence electrons. The molecule has 0 spiro atoms. The Balaban J connectivity index is 1.39. The number of fused-ring (bicyclic) bond motifs is 4. The normalized spacial score (nSPS) is 13.5. The molecule has 0 fully saturated rings. The van der Waals surface area contributed by atoms with E-state index in [1.165, 1.54) is 0 Å². The Bertz CT molecular complexity index is 2580. The molecule has 1 aliphatic heterocycles. The molecule has 53 heavy (non-hydrogen) atoms. The molecular weight excluding hydrogens is 681 g/mol. The van der Waals surface area contributed by atoms with Crippen molar-refractivity contribution in [2.45, 2.75) is 52.4 Å². The summed E-state index contributed by atoms with van der Waals surface area (Å²) in [4.78, 5) is 4.48. The van der Waals surface area contributed by atoms with Crippen molar-refractivity contribution in [3.8, 4) is 22.5 Å². The lowest BCUT2D eigenvalue weighted by atomic mass is 9.80. The van der Waals surface area contributed by atoms with Gasteiger partial charge in [-0.2, -0.15) is 5.10 Å². The first-order valence-corrected chi connectivity index (χ1v) is 17.5. The van der Waals surface area contributed by atoms with E-state index in [9.17, 15) is 13.2 Å². The number of aromatic nitrogens is 3. The summed E-state index contributed by atoms with van der Waals surface area (Å²) in [5.74, 6) is -9.97. The predicted molar refractivity (Wildman–Crippen MR) is 202 cm³/mol. The van der Waals surface area contributed by atoms with Crippen LogP contribution >= 0.6 is 0 Å². The highest BCUT2D eigenvalue weighted by Gasteiger charge is 2.38. The Morgan fingerprint density at radius 3 is 1.83 bits per heavy atom. The summed E-state index contributed by atoms with van der Waals surface area (Å²) in [5.41, 5.74) is 4.32. The third kappa shape index (κ3) is 5.29. The first-order chi connectivity index (χ1) is 25.1. The summed E-state index contributed by atoms with van der Waals surface area (Å²) in [6.45, 7) is 11.6. The van der Waals surface area contributed by atoms with Gasteiger partial charge in [0.25, 0.3) is 0 Å². The van der Waals surface area contributed by atoms with Gasteiger partial charge in [0.2, 0.25) is 5.82 Å². The minimum atomic E-state index is -2.20. The number of halogens is 5. The van der Waals surface area contributed by atoms with Gasteiger partial charge in [-0.15, -0.1) is 0 Å². The molecule has 0 saturated heterocycles. The molecule has 0 bridgehead atoms. The van der Waals surface area contributed by atoms with Crippen molar-refractivity contribution in [3.05, 3.63) is 131 Å². The first kappa shape index (κ1) is 34.4. The van der Waals surface area contributed by atoms with E-state index in [0.717, 1.165) is 44.6 Å². The maximum Gasteiger partial charge on any atom is 0.200 e. The topological polar surface area (TPSA) is 29.2 Å². The number of benzene rings is 5. The van der Waals surface area contributed by atoms with Crippen LogP contribution < -0.4 is 9.80 Å². The van der Waals surface area contributed by atoms with Crippen LogP contribution in [0.4, 0.5) is 39.0 Å². The van der Waals surface area contributed by atoms with Crippen molar-refractivity contribution in [3.63, 3.8) is 0 Å². The van der Waals surface area contributed by atoms with Crippen molar-refractivity contribution in [1.82, 2.24) is 14.3 Å². The smallest absolute Gasteiger partial charge is 0.200 e. The van der Waals surface area contributed by atoms with Crippen molar-refractivity contribution >= 4 is 38.9 Å². The molecule has 8 rings (SSSR count). The average Bonchev–Trinajstić information content (AvgIpc) is 3.80. The molecule has 0 amide bonds. The zero-order valence-corrected chi connectivity index (χ0v) is 30.5. The van der Waals surface area contributed by atoms with Crippen LogP contribution in [-0.4, -0.2) is 28.1 Å². The highest BCUT2D eigenvalue weighted by atomic mass is 19.2. The quantitative estimate of drug-likeness (QED) is 0.103. The Labute approximate surface area is 304 Å². The van der Waals surface area contributed by atoms with Gasteiger partial charge in [0.1, 0.15) is 0 Å². The molecule has 3 heterocycles. The summed E-state index contributed by atoms with van der Waals surface area (Å²) >= 11 is 0. The van der Waals surface area contributed by atoms with Gasteiger partial charge in [-0.05, 0) is 48.5 Å². The van der Waals surface area contributed by atoms with E-state index in [0.29, 0.717) is 18.1 Å². The summed E-state index contributed by atoms with van der Waals surface area (Å²) in [7, 11) is 2.07. The van der Waals surface area contributed by atoms with E-state index >= 15 is 8.78 Å². The van der Waals surface area contributed by atoms with E-state index in [1.807, 2.05) is 69.3 Å². The Hall–Kier alpha value is -5.64. The molecule has 7 aromatic rings. The minimum Gasteiger partial charge on any atom is -0.355 e. The van der Waals surface area contributed by atoms with Crippen LogP contribution in [0.3, 0.4) is 0 Å². The van der Waals surface area contributed by atoms with Crippen molar-refractivity contribution in [1.29, 1.82) is 0 Å². The van der Waals surface area contributed by atoms with Crippen molar-refractivity contribution < 1.29 is 22.0 Å². The van der Waals surface area contributed by atoms with Crippen LogP contribution in [-0.2, 0) is 10.8 Å². The summed E-state index contributed by atoms with van der Waals surface area (Å²) < 4.78 is 79.0. The zero-order valence-electron chi connectivity index (χ0n) is 30.5.